The Balaban J connectivity index is 2.60. The van der Waals surface area contributed by atoms with Crippen molar-refractivity contribution in [2.75, 3.05) is 0 Å². The third kappa shape index (κ3) is 1.88. The SMILES string of the molecule is CC1CC(=O)C2=C(C1)C(C)(C)C(C)CC2(C)C. The van der Waals surface area contributed by atoms with Gasteiger partial charge in [0.15, 0.2) is 5.78 Å². The van der Waals surface area contributed by atoms with Crippen LogP contribution in [0.3, 0.4) is 0 Å². The Morgan fingerprint density at radius 3 is 2.24 bits per heavy atom. The molecule has 1 heteroatoms. The molecule has 0 heterocycles. The van der Waals surface area contributed by atoms with Crippen molar-refractivity contribution in [1.29, 1.82) is 0 Å². The van der Waals surface area contributed by atoms with E-state index >= 15 is 0 Å². The number of allylic oxidation sites excluding steroid dienone is 2. The number of hydrogen-bond acceptors (Lipinski definition) is 1. The number of carbonyl (C=O) groups excluding carboxylic acids is 1. The standard InChI is InChI=1S/C16H26O/c1-10-7-12-14(13(17)8-10)15(3,4)9-11(2)16(12,5)6/h10-11H,7-9H2,1-6H3. The molecule has 2 atom stereocenters. The second kappa shape index (κ2) is 3.70. The Morgan fingerprint density at radius 1 is 1.06 bits per heavy atom. The summed E-state index contributed by atoms with van der Waals surface area (Å²) >= 11 is 0. The lowest BCUT2D eigenvalue weighted by molar-refractivity contribution is -0.118. The van der Waals surface area contributed by atoms with E-state index in [2.05, 4.69) is 41.5 Å². The molecule has 2 unspecified atom stereocenters. The van der Waals surface area contributed by atoms with Gasteiger partial charge in [-0.3, -0.25) is 4.79 Å². The van der Waals surface area contributed by atoms with E-state index in [1.165, 1.54) is 11.1 Å². The molecule has 17 heavy (non-hydrogen) atoms. The molecule has 0 N–H and O–H groups in total. The van der Waals surface area contributed by atoms with Crippen LogP contribution in [-0.2, 0) is 4.79 Å². The fourth-order valence-electron chi connectivity index (χ4n) is 3.90. The molecule has 0 aromatic rings. The summed E-state index contributed by atoms with van der Waals surface area (Å²) in [5, 5.41) is 0. The van der Waals surface area contributed by atoms with Gasteiger partial charge in [-0.1, -0.05) is 47.1 Å². The predicted octanol–water partition coefficient (Wildman–Crippen LogP) is 4.37. The molecule has 0 amide bonds. The van der Waals surface area contributed by atoms with Gasteiger partial charge < -0.3 is 0 Å². The first-order chi connectivity index (χ1) is 7.66. The highest BCUT2D eigenvalue weighted by Gasteiger charge is 2.47. The lowest BCUT2D eigenvalue weighted by atomic mass is 9.54. The van der Waals surface area contributed by atoms with Gasteiger partial charge >= 0.3 is 0 Å². The van der Waals surface area contributed by atoms with Gasteiger partial charge in [-0.15, -0.1) is 0 Å². The molecule has 0 saturated heterocycles. The summed E-state index contributed by atoms with van der Waals surface area (Å²) in [6, 6.07) is 0. The van der Waals surface area contributed by atoms with Gasteiger partial charge in [0.2, 0.25) is 0 Å². The zero-order chi connectivity index (χ0) is 13.0. The van der Waals surface area contributed by atoms with Crippen molar-refractivity contribution < 1.29 is 4.79 Å². The molecule has 0 aliphatic heterocycles. The van der Waals surface area contributed by atoms with E-state index in [1.54, 1.807) is 0 Å². The van der Waals surface area contributed by atoms with Crippen molar-refractivity contribution in [3.63, 3.8) is 0 Å². The molecule has 0 bridgehead atoms. The maximum Gasteiger partial charge on any atom is 0.159 e. The van der Waals surface area contributed by atoms with Gasteiger partial charge in [0.25, 0.3) is 0 Å². The van der Waals surface area contributed by atoms with Crippen LogP contribution in [0.4, 0.5) is 0 Å². The molecule has 1 nitrogen and oxygen atoms in total. The van der Waals surface area contributed by atoms with Crippen molar-refractivity contribution in [3.05, 3.63) is 11.1 Å². The summed E-state index contributed by atoms with van der Waals surface area (Å²) in [5.41, 5.74) is 2.93. The van der Waals surface area contributed by atoms with Crippen LogP contribution in [0, 0.1) is 22.7 Å². The summed E-state index contributed by atoms with van der Waals surface area (Å²) in [7, 11) is 0. The average Bonchev–Trinajstić information content (AvgIpc) is 2.12. The quantitative estimate of drug-likeness (QED) is 0.608. The smallest absolute Gasteiger partial charge is 0.159 e. The monoisotopic (exact) mass is 234 g/mol. The maximum absolute atomic E-state index is 12.4. The normalized spacial score (nSPS) is 35.8. The van der Waals surface area contributed by atoms with Crippen LogP contribution in [0.25, 0.3) is 0 Å². The summed E-state index contributed by atoms with van der Waals surface area (Å²) in [4.78, 5) is 12.4. The Hall–Kier alpha value is -0.590. The first-order valence-electron chi connectivity index (χ1n) is 6.93. The van der Waals surface area contributed by atoms with Crippen LogP contribution in [-0.4, -0.2) is 5.78 Å². The van der Waals surface area contributed by atoms with Crippen molar-refractivity contribution in [2.45, 2.75) is 60.8 Å². The zero-order valence-electron chi connectivity index (χ0n) is 12.2. The first kappa shape index (κ1) is 12.9. The first-order valence-corrected chi connectivity index (χ1v) is 6.93. The number of rotatable bonds is 0. The van der Waals surface area contributed by atoms with E-state index in [0.717, 1.165) is 19.3 Å². The molecule has 0 saturated carbocycles. The second-order valence-electron chi connectivity index (χ2n) is 7.50. The summed E-state index contributed by atoms with van der Waals surface area (Å²) < 4.78 is 0. The van der Waals surface area contributed by atoms with Crippen LogP contribution in [0.1, 0.15) is 60.8 Å². The predicted molar refractivity (Wildman–Crippen MR) is 71.8 cm³/mol. The topological polar surface area (TPSA) is 17.1 Å². The van der Waals surface area contributed by atoms with Crippen LogP contribution < -0.4 is 0 Å². The highest BCUT2D eigenvalue weighted by atomic mass is 16.1. The molecule has 2 rings (SSSR count). The lowest BCUT2D eigenvalue weighted by Gasteiger charge is -2.50. The number of carbonyl (C=O) groups is 1. The molecule has 0 fully saturated rings. The maximum atomic E-state index is 12.4. The molecule has 0 aromatic carbocycles. The molecular formula is C16H26O. The van der Waals surface area contributed by atoms with Crippen LogP contribution >= 0.6 is 0 Å². The molecule has 96 valence electrons. The van der Waals surface area contributed by atoms with Crippen molar-refractivity contribution in [1.82, 2.24) is 0 Å². The minimum absolute atomic E-state index is 0.0848. The number of ketones is 1. The molecule has 0 aromatic heterocycles. The minimum atomic E-state index is 0.0848. The van der Waals surface area contributed by atoms with Crippen LogP contribution in [0.15, 0.2) is 11.1 Å². The average molecular weight is 234 g/mol. The minimum Gasteiger partial charge on any atom is -0.295 e. The zero-order valence-corrected chi connectivity index (χ0v) is 12.2. The lowest BCUT2D eigenvalue weighted by Crippen LogP contribution is -2.42. The van der Waals surface area contributed by atoms with E-state index in [1.807, 2.05) is 0 Å². The largest absolute Gasteiger partial charge is 0.295 e. The van der Waals surface area contributed by atoms with Gasteiger partial charge in [0.05, 0.1) is 0 Å². The van der Waals surface area contributed by atoms with E-state index in [9.17, 15) is 4.79 Å². The number of Topliss-reactive ketones (excluding diaryl/α,β-unsaturated/α-hetero) is 1. The highest BCUT2D eigenvalue weighted by molar-refractivity contribution is 5.98. The Morgan fingerprint density at radius 2 is 1.65 bits per heavy atom. The van der Waals surface area contributed by atoms with Gasteiger partial charge in [0, 0.05) is 12.0 Å². The van der Waals surface area contributed by atoms with E-state index < -0.39 is 0 Å². The van der Waals surface area contributed by atoms with E-state index in [4.69, 9.17) is 0 Å². The van der Waals surface area contributed by atoms with Crippen molar-refractivity contribution in [2.24, 2.45) is 22.7 Å². The van der Waals surface area contributed by atoms with Crippen LogP contribution in [0.5, 0.6) is 0 Å². The van der Waals surface area contributed by atoms with Crippen LogP contribution in [0.2, 0.25) is 0 Å². The molecule has 0 radical (unpaired) electrons. The summed E-state index contributed by atoms with van der Waals surface area (Å²) in [5.74, 6) is 1.61. The van der Waals surface area contributed by atoms with Gasteiger partial charge in [-0.05, 0) is 35.5 Å². The third-order valence-electron chi connectivity index (χ3n) is 5.17. The Labute approximate surface area is 106 Å². The van der Waals surface area contributed by atoms with Crippen molar-refractivity contribution in [3.8, 4) is 0 Å². The fraction of sp³-hybridized carbons (Fsp3) is 0.812. The Bertz CT molecular complexity index is 384. The van der Waals surface area contributed by atoms with E-state index in [0.29, 0.717) is 17.6 Å². The van der Waals surface area contributed by atoms with Crippen molar-refractivity contribution >= 4 is 5.78 Å². The number of hydrogen-bond donors (Lipinski definition) is 0. The molecule has 2 aliphatic carbocycles. The highest BCUT2D eigenvalue weighted by Crippen LogP contribution is 2.55. The Kier molecular flexibility index (Phi) is 2.80. The molecular weight excluding hydrogens is 208 g/mol. The van der Waals surface area contributed by atoms with E-state index in [-0.39, 0.29) is 10.8 Å². The second-order valence-corrected chi connectivity index (χ2v) is 7.50. The summed E-state index contributed by atoms with van der Waals surface area (Å²) in [6.07, 6.45) is 3.02. The van der Waals surface area contributed by atoms with Gasteiger partial charge in [-0.25, -0.2) is 0 Å². The molecule has 0 spiro atoms. The third-order valence-corrected chi connectivity index (χ3v) is 5.17. The van der Waals surface area contributed by atoms with Gasteiger partial charge in [0.1, 0.15) is 0 Å². The fourth-order valence-corrected chi connectivity index (χ4v) is 3.90. The molecule has 2 aliphatic rings. The summed E-state index contributed by atoms with van der Waals surface area (Å²) in [6.45, 7) is 13.7. The van der Waals surface area contributed by atoms with Gasteiger partial charge in [-0.2, -0.15) is 0 Å².